The monoisotopic (exact) mass is 391 g/mol. The highest BCUT2D eigenvalue weighted by atomic mass is 32.2. The van der Waals surface area contributed by atoms with E-state index in [1.165, 1.54) is 11.8 Å². The lowest BCUT2D eigenvalue weighted by atomic mass is 10.2. The molecule has 0 spiro atoms. The van der Waals surface area contributed by atoms with Gasteiger partial charge in [0.25, 0.3) is 5.56 Å². The molecule has 2 aromatic rings. The average Bonchev–Trinajstić information content (AvgIpc) is 3.18. The second kappa shape index (κ2) is 9.34. The zero-order valence-corrected chi connectivity index (χ0v) is 16.5. The molecule has 27 heavy (non-hydrogen) atoms. The van der Waals surface area contributed by atoms with Crippen LogP contribution in [0.4, 0.5) is 0 Å². The molecule has 1 saturated heterocycles. The topological polar surface area (TPSA) is 82.5 Å². The number of rotatable bonds is 8. The lowest BCUT2D eigenvalue weighted by molar-refractivity contribution is -0.120. The smallest absolute Gasteiger partial charge is 0.262 e. The molecule has 2 atom stereocenters. The SMILES string of the molecule is COCCNC(=O)[C@H](C)Sc1nc2ccccc2c(=O)n1C[C@@H]1CCCO1. The first kappa shape index (κ1) is 19.9. The van der Waals surface area contributed by atoms with E-state index < -0.39 is 0 Å². The summed E-state index contributed by atoms with van der Waals surface area (Å²) in [6, 6.07) is 7.29. The van der Waals surface area contributed by atoms with Gasteiger partial charge < -0.3 is 14.8 Å². The molecule has 1 aromatic carbocycles. The van der Waals surface area contributed by atoms with Gasteiger partial charge >= 0.3 is 0 Å². The summed E-state index contributed by atoms with van der Waals surface area (Å²) in [7, 11) is 1.59. The standard InChI is InChI=1S/C19H25N3O4S/c1-13(17(23)20-9-11-25-2)27-19-21-16-8-4-3-7-15(16)18(24)22(19)12-14-6-5-10-26-14/h3-4,7-8,13-14H,5-6,9-12H2,1-2H3,(H,20,23)/t13-,14-/m0/s1. The lowest BCUT2D eigenvalue weighted by Crippen LogP contribution is -2.34. The number of para-hydroxylation sites is 1. The van der Waals surface area contributed by atoms with Crippen molar-refractivity contribution in [2.45, 2.75) is 42.8 Å². The van der Waals surface area contributed by atoms with Crippen molar-refractivity contribution in [1.29, 1.82) is 0 Å². The number of methoxy groups -OCH3 is 1. The fourth-order valence-corrected chi connectivity index (χ4v) is 3.96. The summed E-state index contributed by atoms with van der Waals surface area (Å²) in [4.78, 5) is 30.0. The molecule has 7 nitrogen and oxygen atoms in total. The third-order valence-electron chi connectivity index (χ3n) is 4.49. The van der Waals surface area contributed by atoms with E-state index in [1.54, 1.807) is 17.7 Å². The Morgan fingerprint density at radius 2 is 2.30 bits per heavy atom. The predicted molar refractivity (Wildman–Crippen MR) is 105 cm³/mol. The van der Waals surface area contributed by atoms with Gasteiger partial charge in [0, 0.05) is 20.3 Å². The molecule has 1 fully saturated rings. The zero-order valence-electron chi connectivity index (χ0n) is 15.6. The molecular formula is C19H25N3O4S. The highest BCUT2D eigenvalue weighted by Gasteiger charge is 2.23. The fraction of sp³-hybridized carbons (Fsp3) is 0.526. The fourth-order valence-electron chi connectivity index (χ4n) is 3.02. The maximum atomic E-state index is 13.0. The van der Waals surface area contributed by atoms with Crippen LogP contribution in [0, 0.1) is 0 Å². The summed E-state index contributed by atoms with van der Waals surface area (Å²) in [5.74, 6) is -0.108. The second-order valence-electron chi connectivity index (χ2n) is 6.51. The minimum atomic E-state index is -0.384. The molecule has 2 heterocycles. The van der Waals surface area contributed by atoms with E-state index in [9.17, 15) is 9.59 Å². The minimum Gasteiger partial charge on any atom is -0.383 e. The van der Waals surface area contributed by atoms with Crippen LogP contribution in [0.25, 0.3) is 10.9 Å². The molecule has 1 aliphatic rings. The van der Waals surface area contributed by atoms with Crippen molar-refractivity contribution in [3.05, 3.63) is 34.6 Å². The number of benzene rings is 1. The summed E-state index contributed by atoms with van der Waals surface area (Å²) in [5.41, 5.74) is 0.547. The van der Waals surface area contributed by atoms with E-state index in [-0.39, 0.29) is 22.8 Å². The van der Waals surface area contributed by atoms with Crippen LogP contribution in [0.5, 0.6) is 0 Å². The van der Waals surface area contributed by atoms with Crippen molar-refractivity contribution in [1.82, 2.24) is 14.9 Å². The Kier molecular flexibility index (Phi) is 6.87. The number of nitrogens with zero attached hydrogens (tertiary/aromatic N) is 2. The molecule has 8 heteroatoms. The Hall–Kier alpha value is -1.90. The highest BCUT2D eigenvalue weighted by Crippen LogP contribution is 2.24. The highest BCUT2D eigenvalue weighted by molar-refractivity contribution is 8.00. The average molecular weight is 391 g/mol. The molecule has 3 rings (SSSR count). The van der Waals surface area contributed by atoms with Gasteiger partial charge in [0.05, 0.1) is 35.4 Å². The number of amides is 1. The van der Waals surface area contributed by atoms with Gasteiger partial charge in [-0.3, -0.25) is 14.2 Å². The Morgan fingerprint density at radius 3 is 3.04 bits per heavy atom. The van der Waals surface area contributed by atoms with Crippen LogP contribution in [0.15, 0.2) is 34.2 Å². The predicted octanol–water partition coefficient (Wildman–Crippen LogP) is 1.82. The van der Waals surface area contributed by atoms with Crippen molar-refractivity contribution in [2.24, 2.45) is 0 Å². The van der Waals surface area contributed by atoms with E-state index in [0.29, 0.717) is 35.8 Å². The van der Waals surface area contributed by atoms with Crippen molar-refractivity contribution < 1.29 is 14.3 Å². The van der Waals surface area contributed by atoms with Gasteiger partial charge in [0.1, 0.15) is 0 Å². The number of carbonyl (C=O) groups is 1. The van der Waals surface area contributed by atoms with Gasteiger partial charge in [-0.2, -0.15) is 0 Å². The molecule has 0 radical (unpaired) electrons. The van der Waals surface area contributed by atoms with E-state index in [0.717, 1.165) is 19.4 Å². The van der Waals surface area contributed by atoms with E-state index >= 15 is 0 Å². The van der Waals surface area contributed by atoms with Gasteiger partial charge in [-0.1, -0.05) is 23.9 Å². The largest absolute Gasteiger partial charge is 0.383 e. The van der Waals surface area contributed by atoms with Crippen LogP contribution in [-0.4, -0.2) is 53.7 Å². The summed E-state index contributed by atoms with van der Waals surface area (Å²) < 4.78 is 12.3. The molecule has 0 aliphatic carbocycles. The van der Waals surface area contributed by atoms with Gasteiger partial charge in [-0.05, 0) is 31.9 Å². The third-order valence-corrected chi connectivity index (χ3v) is 5.58. The Bertz CT molecular complexity index is 848. The minimum absolute atomic E-state index is 0.0100. The van der Waals surface area contributed by atoms with Gasteiger partial charge in [0.2, 0.25) is 5.91 Å². The molecule has 1 amide bonds. The zero-order chi connectivity index (χ0) is 19.2. The summed E-state index contributed by atoms with van der Waals surface area (Å²) in [6.45, 7) is 3.90. The van der Waals surface area contributed by atoms with Crippen molar-refractivity contribution in [2.75, 3.05) is 26.9 Å². The number of hydrogen-bond donors (Lipinski definition) is 1. The molecule has 1 aromatic heterocycles. The number of hydrogen-bond acceptors (Lipinski definition) is 6. The van der Waals surface area contributed by atoms with Crippen LogP contribution in [0.1, 0.15) is 19.8 Å². The van der Waals surface area contributed by atoms with E-state index in [1.807, 2.05) is 25.1 Å². The molecule has 0 bridgehead atoms. The Morgan fingerprint density at radius 1 is 1.48 bits per heavy atom. The van der Waals surface area contributed by atoms with Crippen LogP contribution >= 0.6 is 11.8 Å². The van der Waals surface area contributed by atoms with Gasteiger partial charge in [-0.15, -0.1) is 0 Å². The summed E-state index contributed by atoms with van der Waals surface area (Å²) in [5, 5.41) is 3.57. The quantitative estimate of drug-likeness (QED) is 0.420. The Balaban J connectivity index is 1.87. The number of aromatic nitrogens is 2. The number of fused-ring (bicyclic) bond motifs is 1. The molecule has 146 valence electrons. The van der Waals surface area contributed by atoms with Crippen molar-refractivity contribution in [3.8, 4) is 0 Å². The van der Waals surface area contributed by atoms with Gasteiger partial charge in [-0.25, -0.2) is 4.98 Å². The van der Waals surface area contributed by atoms with Crippen LogP contribution in [0.2, 0.25) is 0 Å². The number of ether oxygens (including phenoxy) is 2. The number of carbonyl (C=O) groups excluding carboxylic acids is 1. The second-order valence-corrected chi connectivity index (χ2v) is 7.81. The molecular weight excluding hydrogens is 366 g/mol. The molecule has 0 unspecified atom stereocenters. The lowest BCUT2D eigenvalue weighted by Gasteiger charge is -2.18. The summed E-state index contributed by atoms with van der Waals surface area (Å²) in [6.07, 6.45) is 1.94. The van der Waals surface area contributed by atoms with Crippen LogP contribution in [-0.2, 0) is 20.8 Å². The van der Waals surface area contributed by atoms with Crippen molar-refractivity contribution >= 4 is 28.6 Å². The number of nitrogens with one attached hydrogen (secondary N) is 1. The number of thioether (sulfide) groups is 1. The normalized spacial score (nSPS) is 17.9. The van der Waals surface area contributed by atoms with Crippen LogP contribution < -0.4 is 10.9 Å². The third kappa shape index (κ3) is 4.88. The van der Waals surface area contributed by atoms with E-state index in [2.05, 4.69) is 10.3 Å². The van der Waals surface area contributed by atoms with E-state index in [4.69, 9.17) is 9.47 Å². The Labute approximate surface area is 162 Å². The maximum Gasteiger partial charge on any atom is 0.262 e. The maximum absolute atomic E-state index is 13.0. The van der Waals surface area contributed by atoms with Gasteiger partial charge in [0.15, 0.2) is 5.16 Å². The first-order valence-corrected chi connectivity index (χ1v) is 10.0. The summed E-state index contributed by atoms with van der Waals surface area (Å²) >= 11 is 1.29. The first-order valence-electron chi connectivity index (χ1n) is 9.14. The molecule has 1 N–H and O–H groups in total. The molecule has 0 saturated carbocycles. The van der Waals surface area contributed by atoms with Crippen LogP contribution in [0.3, 0.4) is 0 Å². The van der Waals surface area contributed by atoms with Crippen molar-refractivity contribution in [3.63, 3.8) is 0 Å². The molecule has 1 aliphatic heterocycles. The first-order chi connectivity index (χ1) is 13.1.